The number of hydrogen-bond acceptors (Lipinski definition) is 4. The Morgan fingerprint density at radius 3 is 2.24 bits per heavy atom. The van der Waals surface area contributed by atoms with Crippen LogP contribution in [-0.2, 0) is 15.8 Å². The maximum Gasteiger partial charge on any atom is 0.253 e. The highest BCUT2D eigenvalue weighted by molar-refractivity contribution is 7.88. The first kappa shape index (κ1) is 15.9. The van der Waals surface area contributed by atoms with Gasteiger partial charge in [-0.25, -0.2) is 13.6 Å². The van der Waals surface area contributed by atoms with E-state index in [0.29, 0.717) is 24.2 Å². The van der Waals surface area contributed by atoms with Crippen LogP contribution in [0.4, 0.5) is 0 Å². The third kappa shape index (κ3) is 4.52. The Morgan fingerprint density at radius 1 is 1.24 bits per heavy atom. The standard InChI is InChI=1S/C14H21N3O3S/c1-10-7-17(8-11(2)16-10)14(18)13-5-3-12(4-6-13)9-21(15,19)20/h3-6,10-11,16H,7-9H2,1-2H3,(H2,15,19,20)/t10-,11-/m0/s1. The van der Waals surface area contributed by atoms with Gasteiger partial charge in [-0.1, -0.05) is 12.1 Å². The molecule has 116 valence electrons. The van der Waals surface area contributed by atoms with E-state index < -0.39 is 10.0 Å². The first-order valence-electron chi connectivity index (χ1n) is 6.89. The van der Waals surface area contributed by atoms with Crippen molar-refractivity contribution in [2.45, 2.75) is 31.7 Å². The molecule has 2 rings (SSSR count). The molecule has 1 aromatic carbocycles. The number of primary sulfonamides is 1. The highest BCUT2D eigenvalue weighted by Gasteiger charge is 2.25. The average Bonchev–Trinajstić information content (AvgIpc) is 2.35. The fourth-order valence-corrected chi connectivity index (χ4v) is 3.31. The van der Waals surface area contributed by atoms with Crippen LogP contribution in [0.5, 0.6) is 0 Å². The van der Waals surface area contributed by atoms with Gasteiger partial charge in [0.05, 0.1) is 5.75 Å². The average molecular weight is 311 g/mol. The van der Waals surface area contributed by atoms with E-state index in [4.69, 9.17) is 5.14 Å². The van der Waals surface area contributed by atoms with Crippen molar-refractivity contribution in [1.82, 2.24) is 10.2 Å². The van der Waals surface area contributed by atoms with Crippen LogP contribution in [0, 0.1) is 0 Å². The molecule has 0 radical (unpaired) electrons. The van der Waals surface area contributed by atoms with E-state index in [1.165, 1.54) is 0 Å². The van der Waals surface area contributed by atoms with Gasteiger partial charge in [-0.3, -0.25) is 4.79 Å². The Kier molecular flexibility index (Phi) is 4.65. The summed E-state index contributed by atoms with van der Waals surface area (Å²) in [4.78, 5) is 14.3. The second-order valence-corrected chi connectivity index (χ2v) is 7.30. The van der Waals surface area contributed by atoms with E-state index in [1.807, 2.05) is 18.7 Å². The van der Waals surface area contributed by atoms with Gasteiger partial charge < -0.3 is 10.2 Å². The number of carbonyl (C=O) groups excluding carboxylic acids is 1. The molecule has 1 amide bonds. The normalized spacial score (nSPS) is 23.1. The monoisotopic (exact) mass is 311 g/mol. The first-order valence-corrected chi connectivity index (χ1v) is 8.61. The summed E-state index contributed by atoms with van der Waals surface area (Å²) >= 11 is 0. The summed E-state index contributed by atoms with van der Waals surface area (Å²) in [6, 6.07) is 7.10. The lowest BCUT2D eigenvalue weighted by molar-refractivity contribution is 0.0674. The molecule has 1 heterocycles. The number of nitrogens with one attached hydrogen (secondary N) is 1. The van der Waals surface area contributed by atoms with Gasteiger partial charge in [0.25, 0.3) is 5.91 Å². The van der Waals surface area contributed by atoms with Crippen molar-refractivity contribution in [3.05, 3.63) is 35.4 Å². The van der Waals surface area contributed by atoms with E-state index in [9.17, 15) is 13.2 Å². The van der Waals surface area contributed by atoms with Crippen molar-refractivity contribution in [3.63, 3.8) is 0 Å². The van der Waals surface area contributed by atoms with Gasteiger partial charge in [-0.15, -0.1) is 0 Å². The van der Waals surface area contributed by atoms with Crippen LogP contribution in [0.1, 0.15) is 29.8 Å². The minimum atomic E-state index is -3.55. The molecule has 0 aliphatic carbocycles. The van der Waals surface area contributed by atoms with Crippen LogP contribution in [0.3, 0.4) is 0 Å². The molecule has 21 heavy (non-hydrogen) atoms. The van der Waals surface area contributed by atoms with E-state index in [1.54, 1.807) is 24.3 Å². The van der Waals surface area contributed by atoms with Crippen LogP contribution >= 0.6 is 0 Å². The van der Waals surface area contributed by atoms with Crippen molar-refractivity contribution in [1.29, 1.82) is 0 Å². The van der Waals surface area contributed by atoms with Crippen molar-refractivity contribution >= 4 is 15.9 Å². The Bertz CT molecular complexity index is 603. The Hall–Kier alpha value is -1.44. The molecule has 1 aliphatic rings. The summed E-state index contributed by atoms with van der Waals surface area (Å²) in [5.74, 6) is -0.249. The highest BCUT2D eigenvalue weighted by Crippen LogP contribution is 2.12. The molecule has 1 fully saturated rings. The number of nitrogens with two attached hydrogens (primary N) is 1. The molecule has 7 heteroatoms. The molecule has 1 saturated heterocycles. The topological polar surface area (TPSA) is 92.5 Å². The number of nitrogens with zero attached hydrogens (tertiary/aromatic N) is 1. The zero-order valence-electron chi connectivity index (χ0n) is 12.2. The van der Waals surface area contributed by atoms with Gasteiger partial charge in [0.15, 0.2) is 0 Å². The molecule has 0 unspecified atom stereocenters. The molecule has 0 bridgehead atoms. The van der Waals surface area contributed by atoms with Gasteiger partial charge >= 0.3 is 0 Å². The number of piperazine rings is 1. The van der Waals surface area contributed by atoms with Gasteiger partial charge in [0.2, 0.25) is 10.0 Å². The minimum absolute atomic E-state index is 0.0302. The molecule has 0 saturated carbocycles. The number of rotatable bonds is 3. The molecule has 2 atom stereocenters. The maximum atomic E-state index is 12.4. The summed E-state index contributed by atoms with van der Waals surface area (Å²) in [6.45, 7) is 5.43. The molecule has 3 N–H and O–H groups in total. The largest absolute Gasteiger partial charge is 0.336 e. The lowest BCUT2D eigenvalue weighted by atomic mass is 10.1. The Morgan fingerprint density at radius 2 is 1.76 bits per heavy atom. The van der Waals surface area contributed by atoms with Crippen molar-refractivity contribution in [2.24, 2.45) is 5.14 Å². The summed E-state index contributed by atoms with van der Waals surface area (Å²) < 4.78 is 22.1. The second kappa shape index (κ2) is 6.13. The number of amides is 1. The van der Waals surface area contributed by atoms with Crippen LogP contribution in [0.25, 0.3) is 0 Å². The Labute approximate surface area is 125 Å². The molecule has 0 spiro atoms. The quantitative estimate of drug-likeness (QED) is 0.839. The number of sulfonamides is 1. The van der Waals surface area contributed by atoms with E-state index in [-0.39, 0.29) is 23.7 Å². The van der Waals surface area contributed by atoms with Crippen LogP contribution in [-0.4, -0.2) is 44.4 Å². The van der Waals surface area contributed by atoms with E-state index in [2.05, 4.69) is 5.32 Å². The summed E-state index contributed by atoms with van der Waals surface area (Å²) in [5.41, 5.74) is 1.14. The maximum absolute atomic E-state index is 12.4. The predicted octanol–water partition coefficient (Wildman–Crippen LogP) is 0.298. The van der Waals surface area contributed by atoms with Gasteiger partial charge in [-0.2, -0.15) is 0 Å². The summed E-state index contributed by atoms with van der Waals surface area (Å²) in [7, 11) is -3.55. The fraction of sp³-hybridized carbons (Fsp3) is 0.500. The molecule has 1 aliphatic heterocycles. The number of hydrogen-bond donors (Lipinski definition) is 2. The first-order chi connectivity index (χ1) is 9.74. The van der Waals surface area contributed by atoms with Gasteiger partial charge in [0, 0.05) is 30.7 Å². The van der Waals surface area contributed by atoms with Crippen molar-refractivity contribution < 1.29 is 13.2 Å². The molecular formula is C14H21N3O3S. The zero-order chi connectivity index (χ0) is 15.6. The van der Waals surface area contributed by atoms with Gasteiger partial charge in [0.1, 0.15) is 0 Å². The third-order valence-electron chi connectivity index (χ3n) is 3.41. The van der Waals surface area contributed by atoms with Crippen LogP contribution in [0.15, 0.2) is 24.3 Å². The summed E-state index contributed by atoms with van der Waals surface area (Å²) in [5, 5.41) is 8.38. The lowest BCUT2D eigenvalue weighted by Gasteiger charge is -2.36. The number of benzene rings is 1. The smallest absolute Gasteiger partial charge is 0.253 e. The highest BCUT2D eigenvalue weighted by atomic mass is 32.2. The van der Waals surface area contributed by atoms with E-state index >= 15 is 0 Å². The fourth-order valence-electron chi connectivity index (χ4n) is 2.65. The van der Waals surface area contributed by atoms with E-state index in [0.717, 1.165) is 0 Å². The lowest BCUT2D eigenvalue weighted by Crippen LogP contribution is -2.55. The molecule has 6 nitrogen and oxygen atoms in total. The van der Waals surface area contributed by atoms with Crippen molar-refractivity contribution in [3.8, 4) is 0 Å². The SMILES string of the molecule is C[C@H]1CN(C(=O)c2ccc(CS(N)(=O)=O)cc2)C[C@H](C)N1. The van der Waals surface area contributed by atoms with Crippen molar-refractivity contribution in [2.75, 3.05) is 13.1 Å². The van der Waals surface area contributed by atoms with Crippen LogP contribution < -0.4 is 10.5 Å². The molecular weight excluding hydrogens is 290 g/mol. The minimum Gasteiger partial charge on any atom is -0.336 e. The molecule has 0 aromatic heterocycles. The molecule has 1 aromatic rings. The Balaban J connectivity index is 2.09. The number of carbonyl (C=O) groups is 1. The zero-order valence-corrected chi connectivity index (χ0v) is 13.1. The predicted molar refractivity (Wildman–Crippen MR) is 81.2 cm³/mol. The summed E-state index contributed by atoms with van der Waals surface area (Å²) in [6.07, 6.45) is 0. The van der Waals surface area contributed by atoms with Crippen LogP contribution in [0.2, 0.25) is 0 Å². The second-order valence-electron chi connectivity index (χ2n) is 5.68. The third-order valence-corrected chi connectivity index (χ3v) is 4.15. The van der Waals surface area contributed by atoms with Gasteiger partial charge in [-0.05, 0) is 31.5 Å².